The fourth-order valence-electron chi connectivity index (χ4n) is 1.32. The lowest BCUT2D eigenvalue weighted by Crippen LogP contribution is -1.84. The van der Waals surface area contributed by atoms with E-state index in [0.717, 1.165) is 17.0 Å². The predicted octanol–water partition coefficient (Wildman–Crippen LogP) is 2.32. The summed E-state index contributed by atoms with van der Waals surface area (Å²) in [6.07, 6.45) is 0. The Morgan fingerprint density at radius 1 is 1.40 bits per heavy atom. The molecule has 2 aromatic rings. The zero-order valence-corrected chi connectivity index (χ0v) is 8.88. The molecule has 0 spiro atoms. The number of aromatic nitrogens is 2. The Labute approximate surface area is 92.0 Å². The molecule has 0 saturated carbocycles. The Bertz CT molecular complexity index is 481. The molecule has 5 heteroatoms. The molecule has 0 fully saturated rings. The molecule has 0 aliphatic carbocycles. The number of halogens is 1. The molecule has 0 saturated heterocycles. The van der Waals surface area contributed by atoms with Gasteiger partial charge in [0.25, 0.3) is 0 Å². The molecule has 3 N–H and O–H groups in total. The van der Waals surface area contributed by atoms with E-state index in [9.17, 15) is 0 Å². The molecule has 0 amide bonds. The first kappa shape index (κ1) is 9.86. The van der Waals surface area contributed by atoms with Gasteiger partial charge in [0.05, 0.1) is 17.8 Å². The van der Waals surface area contributed by atoms with Crippen LogP contribution < -0.4 is 10.5 Å². The Morgan fingerprint density at radius 3 is 2.73 bits per heavy atom. The second kappa shape index (κ2) is 3.82. The minimum atomic E-state index is 0.442. The van der Waals surface area contributed by atoms with Crippen molar-refractivity contribution >= 4 is 17.4 Å². The SMILES string of the molecule is COc1ccc(-c2cc(N)n[nH]2)c(Cl)c1. The fourth-order valence-corrected chi connectivity index (χ4v) is 1.59. The maximum Gasteiger partial charge on any atom is 0.145 e. The van der Waals surface area contributed by atoms with Gasteiger partial charge in [-0.2, -0.15) is 5.10 Å². The Kier molecular flexibility index (Phi) is 2.51. The van der Waals surface area contributed by atoms with Gasteiger partial charge < -0.3 is 10.5 Å². The van der Waals surface area contributed by atoms with E-state index in [0.29, 0.717) is 10.8 Å². The summed E-state index contributed by atoms with van der Waals surface area (Å²) in [4.78, 5) is 0. The second-order valence-corrected chi connectivity index (χ2v) is 3.46. The number of hydrogen-bond acceptors (Lipinski definition) is 3. The molecule has 0 atom stereocenters. The largest absolute Gasteiger partial charge is 0.497 e. The molecular weight excluding hydrogens is 214 g/mol. The summed E-state index contributed by atoms with van der Waals surface area (Å²) in [5.41, 5.74) is 7.15. The molecule has 1 aromatic carbocycles. The molecule has 1 heterocycles. The number of hydrogen-bond donors (Lipinski definition) is 2. The van der Waals surface area contributed by atoms with Crippen LogP contribution in [0.15, 0.2) is 24.3 Å². The number of methoxy groups -OCH3 is 1. The lowest BCUT2D eigenvalue weighted by Gasteiger charge is -2.04. The number of ether oxygens (including phenoxy) is 1. The number of nitrogens with one attached hydrogen (secondary N) is 1. The highest BCUT2D eigenvalue weighted by molar-refractivity contribution is 6.33. The van der Waals surface area contributed by atoms with E-state index >= 15 is 0 Å². The number of aromatic amines is 1. The van der Waals surface area contributed by atoms with Gasteiger partial charge in [-0.15, -0.1) is 0 Å². The standard InChI is InChI=1S/C10H10ClN3O/c1-15-6-2-3-7(8(11)4-6)9-5-10(12)14-13-9/h2-5H,1H3,(H3,12,13,14). The van der Waals surface area contributed by atoms with Gasteiger partial charge in [0.2, 0.25) is 0 Å². The smallest absolute Gasteiger partial charge is 0.145 e. The molecule has 0 unspecified atom stereocenters. The van der Waals surface area contributed by atoms with Crippen molar-refractivity contribution in [1.29, 1.82) is 0 Å². The number of benzene rings is 1. The number of nitrogens with zero attached hydrogens (tertiary/aromatic N) is 1. The molecule has 78 valence electrons. The summed E-state index contributed by atoms with van der Waals surface area (Å²) in [7, 11) is 1.60. The quantitative estimate of drug-likeness (QED) is 0.821. The van der Waals surface area contributed by atoms with E-state index in [1.165, 1.54) is 0 Å². The highest BCUT2D eigenvalue weighted by atomic mass is 35.5. The van der Waals surface area contributed by atoms with Gasteiger partial charge in [-0.05, 0) is 18.2 Å². The highest BCUT2D eigenvalue weighted by Gasteiger charge is 2.07. The summed E-state index contributed by atoms with van der Waals surface area (Å²) in [5.74, 6) is 1.16. The Morgan fingerprint density at radius 2 is 2.20 bits per heavy atom. The molecular formula is C10H10ClN3O. The van der Waals surface area contributed by atoms with Crippen molar-refractivity contribution in [3.63, 3.8) is 0 Å². The maximum absolute atomic E-state index is 6.08. The van der Waals surface area contributed by atoms with Crippen LogP contribution in [-0.4, -0.2) is 17.3 Å². The minimum Gasteiger partial charge on any atom is -0.497 e. The third kappa shape index (κ3) is 1.89. The average molecular weight is 224 g/mol. The van der Waals surface area contributed by atoms with E-state index in [-0.39, 0.29) is 0 Å². The molecule has 4 nitrogen and oxygen atoms in total. The third-order valence-corrected chi connectivity index (χ3v) is 2.38. The topological polar surface area (TPSA) is 63.9 Å². The van der Waals surface area contributed by atoms with Crippen LogP contribution in [0.4, 0.5) is 5.82 Å². The van der Waals surface area contributed by atoms with E-state index in [1.54, 1.807) is 19.2 Å². The average Bonchev–Trinajstić information content (AvgIpc) is 2.64. The Hall–Kier alpha value is -1.68. The molecule has 0 radical (unpaired) electrons. The van der Waals surface area contributed by atoms with Crippen molar-refractivity contribution < 1.29 is 4.74 Å². The second-order valence-electron chi connectivity index (χ2n) is 3.05. The van der Waals surface area contributed by atoms with E-state index in [4.69, 9.17) is 22.1 Å². The number of nitrogen functional groups attached to an aromatic ring is 1. The minimum absolute atomic E-state index is 0.442. The van der Waals surface area contributed by atoms with Crippen molar-refractivity contribution in [2.24, 2.45) is 0 Å². The number of anilines is 1. The lowest BCUT2D eigenvalue weighted by atomic mass is 10.1. The van der Waals surface area contributed by atoms with Gasteiger partial charge in [-0.3, -0.25) is 5.10 Å². The number of H-pyrrole nitrogens is 1. The molecule has 2 rings (SSSR count). The van der Waals surface area contributed by atoms with Crippen LogP contribution >= 0.6 is 11.6 Å². The lowest BCUT2D eigenvalue weighted by molar-refractivity contribution is 0.415. The van der Waals surface area contributed by atoms with E-state index < -0.39 is 0 Å². The first-order valence-electron chi connectivity index (χ1n) is 4.35. The van der Waals surface area contributed by atoms with Crippen LogP contribution in [0, 0.1) is 0 Å². The molecule has 0 aliphatic heterocycles. The van der Waals surface area contributed by atoms with Crippen molar-refractivity contribution in [3.8, 4) is 17.0 Å². The third-order valence-electron chi connectivity index (χ3n) is 2.06. The first-order valence-corrected chi connectivity index (χ1v) is 4.73. The summed E-state index contributed by atoms with van der Waals surface area (Å²) in [6.45, 7) is 0. The predicted molar refractivity (Wildman–Crippen MR) is 60.0 cm³/mol. The monoisotopic (exact) mass is 223 g/mol. The Balaban J connectivity index is 2.45. The van der Waals surface area contributed by atoms with E-state index in [1.807, 2.05) is 12.1 Å². The molecule has 0 aliphatic rings. The highest BCUT2D eigenvalue weighted by Crippen LogP contribution is 2.30. The summed E-state index contributed by atoms with van der Waals surface area (Å²) >= 11 is 6.08. The van der Waals surface area contributed by atoms with E-state index in [2.05, 4.69) is 10.2 Å². The number of rotatable bonds is 2. The summed E-state index contributed by atoms with van der Waals surface area (Å²) in [6, 6.07) is 7.16. The zero-order valence-electron chi connectivity index (χ0n) is 8.12. The molecule has 0 bridgehead atoms. The summed E-state index contributed by atoms with van der Waals surface area (Å²) in [5, 5.41) is 7.23. The van der Waals surface area contributed by atoms with Gasteiger partial charge in [-0.1, -0.05) is 11.6 Å². The van der Waals surface area contributed by atoms with Crippen molar-refractivity contribution in [2.45, 2.75) is 0 Å². The van der Waals surface area contributed by atoms with Crippen LogP contribution in [0.5, 0.6) is 5.75 Å². The first-order chi connectivity index (χ1) is 7.20. The van der Waals surface area contributed by atoms with Gasteiger partial charge in [-0.25, -0.2) is 0 Å². The fraction of sp³-hybridized carbons (Fsp3) is 0.100. The maximum atomic E-state index is 6.08. The van der Waals surface area contributed by atoms with Crippen LogP contribution in [0.1, 0.15) is 0 Å². The normalized spacial score (nSPS) is 10.3. The van der Waals surface area contributed by atoms with Gasteiger partial charge in [0, 0.05) is 11.6 Å². The van der Waals surface area contributed by atoms with Gasteiger partial charge in [0.1, 0.15) is 11.6 Å². The van der Waals surface area contributed by atoms with Crippen LogP contribution in [0.2, 0.25) is 5.02 Å². The van der Waals surface area contributed by atoms with Crippen molar-refractivity contribution in [2.75, 3.05) is 12.8 Å². The zero-order chi connectivity index (χ0) is 10.8. The summed E-state index contributed by atoms with van der Waals surface area (Å²) < 4.78 is 5.06. The van der Waals surface area contributed by atoms with Crippen LogP contribution in [-0.2, 0) is 0 Å². The van der Waals surface area contributed by atoms with Crippen molar-refractivity contribution in [1.82, 2.24) is 10.2 Å². The van der Waals surface area contributed by atoms with Gasteiger partial charge >= 0.3 is 0 Å². The van der Waals surface area contributed by atoms with Crippen LogP contribution in [0.3, 0.4) is 0 Å². The molecule has 15 heavy (non-hydrogen) atoms. The van der Waals surface area contributed by atoms with Crippen molar-refractivity contribution in [3.05, 3.63) is 29.3 Å². The van der Waals surface area contributed by atoms with Gasteiger partial charge in [0.15, 0.2) is 0 Å². The van der Waals surface area contributed by atoms with Crippen LogP contribution in [0.25, 0.3) is 11.3 Å². The number of nitrogens with two attached hydrogens (primary N) is 1. The molecule has 1 aromatic heterocycles.